The Bertz CT molecular complexity index is 1430. The summed E-state index contributed by atoms with van der Waals surface area (Å²) in [5.41, 5.74) is 3.04. The van der Waals surface area contributed by atoms with E-state index in [2.05, 4.69) is 4.90 Å². The predicted octanol–water partition coefficient (Wildman–Crippen LogP) is 4.59. The first-order valence-corrected chi connectivity index (χ1v) is 14.3. The zero-order valence-electron chi connectivity index (χ0n) is 21.1. The second-order valence-corrected chi connectivity index (χ2v) is 11.4. The third-order valence-corrected chi connectivity index (χ3v) is 9.11. The van der Waals surface area contributed by atoms with Crippen molar-refractivity contribution in [3.05, 3.63) is 83.9 Å². The Balaban J connectivity index is 1.31. The number of hydrogen-bond donors (Lipinski definition) is 1. The maximum atomic E-state index is 13.5. The Morgan fingerprint density at radius 3 is 2.26 bits per heavy atom. The Hall–Kier alpha value is -3.85. The number of nitrogens with zero attached hydrogens (tertiary/aromatic N) is 2. The summed E-state index contributed by atoms with van der Waals surface area (Å²) in [7, 11) is -4.16. The van der Waals surface area contributed by atoms with Gasteiger partial charge < -0.3 is 14.7 Å². The highest BCUT2D eigenvalue weighted by atomic mass is 32.2. The summed E-state index contributed by atoms with van der Waals surface area (Å²) in [6.07, 6.45) is 3.03. The summed E-state index contributed by atoms with van der Waals surface area (Å²) in [4.78, 5) is 27.1. The van der Waals surface area contributed by atoms with Crippen LogP contribution in [0.1, 0.15) is 43.2 Å². The molecule has 198 valence electrons. The number of carboxylic acids is 1. The normalized spacial score (nSPS) is 17.8. The molecule has 0 aliphatic carbocycles. The second kappa shape index (κ2) is 10.5. The van der Waals surface area contributed by atoms with Crippen LogP contribution in [0.2, 0.25) is 0 Å². The van der Waals surface area contributed by atoms with Gasteiger partial charge in [0, 0.05) is 25.2 Å². The van der Waals surface area contributed by atoms with Crippen molar-refractivity contribution in [3.8, 4) is 5.75 Å². The van der Waals surface area contributed by atoms with E-state index >= 15 is 0 Å². The van der Waals surface area contributed by atoms with Crippen molar-refractivity contribution in [2.75, 3.05) is 22.3 Å². The smallest absolute Gasteiger partial charge is 0.327 e. The number of ether oxygens (including phenoxy) is 1. The molecule has 0 saturated carbocycles. The van der Waals surface area contributed by atoms with Crippen molar-refractivity contribution in [1.82, 2.24) is 0 Å². The van der Waals surface area contributed by atoms with Gasteiger partial charge in [-0.25, -0.2) is 13.2 Å². The van der Waals surface area contributed by atoms with Crippen LogP contribution in [0.3, 0.4) is 0 Å². The number of anilines is 2. The molecule has 38 heavy (non-hydrogen) atoms. The number of fused-ring (bicyclic) bond motifs is 1. The van der Waals surface area contributed by atoms with Crippen molar-refractivity contribution < 1.29 is 27.9 Å². The zero-order valence-corrected chi connectivity index (χ0v) is 21.9. The molecule has 0 bridgehead atoms. The van der Waals surface area contributed by atoms with Crippen LogP contribution >= 0.6 is 0 Å². The van der Waals surface area contributed by atoms with Crippen LogP contribution in [0.25, 0.3) is 0 Å². The van der Waals surface area contributed by atoms with Gasteiger partial charge in [-0.05, 0) is 72.9 Å². The Morgan fingerprint density at radius 2 is 1.63 bits per heavy atom. The van der Waals surface area contributed by atoms with E-state index < -0.39 is 33.9 Å². The Labute approximate surface area is 222 Å². The molecule has 2 heterocycles. The molecule has 2 aliphatic heterocycles. The quantitative estimate of drug-likeness (QED) is 0.333. The molecule has 1 fully saturated rings. The summed E-state index contributed by atoms with van der Waals surface area (Å²) in [6.45, 7) is 4.01. The summed E-state index contributed by atoms with van der Waals surface area (Å²) >= 11 is 0. The summed E-state index contributed by atoms with van der Waals surface area (Å²) in [5.74, 6) is -1.87. The van der Waals surface area contributed by atoms with Gasteiger partial charge in [-0.15, -0.1) is 0 Å². The van der Waals surface area contributed by atoms with Gasteiger partial charge in [0.25, 0.3) is 10.0 Å². The fraction of sp³-hybridized carbons (Fsp3) is 0.310. The van der Waals surface area contributed by atoms with E-state index in [1.165, 1.54) is 37.1 Å². The number of para-hydroxylation sites is 1. The van der Waals surface area contributed by atoms with E-state index in [0.717, 1.165) is 28.6 Å². The zero-order chi connectivity index (χ0) is 26.9. The molecule has 2 unspecified atom stereocenters. The number of aliphatic carboxylic acids is 1. The van der Waals surface area contributed by atoms with Crippen molar-refractivity contribution in [1.29, 1.82) is 0 Å². The fourth-order valence-corrected chi connectivity index (χ4v) is 6.90. The summed E-state index contributed by atoms with van der Waals surface area (Å²) in [6, 6.07) is 19.1. The molecular formula is C29H30N2O6S. The van der Waals surface area contributed by atoms with Crippen molar-refractivity contribution in [3.63, 3.8) is 0 Å². The van der Waals surface area contributed by atoms with Crippen LogP contribution in [0.5, 0.6) is 5.75 Å². The molecule has 2 aliphatic rings. The molecular weight excluding hydrogens is 504 g/mol. The van der Waals surface area contributed by atoms with Crippen LogP contribution in [0, 0.1) is 0 Å². The standard InChI is InChI=1S/C29H30N2O6S/c1-2-25(20-9-11-22(12-10-20)30-17-5-6-18-30)29(34)37-23-13-15-24(16-14-23)38(35,36)31-26-8-4-3-7-21(26)19-27(31)28(32)33/h3-4,7-16,25,27H,2,5-6,17-19H2,1H3,(H,32,33). The molecule has 3 aromatic carbocycles. The largest absolute Gasteiger partial charge is 0.480 e. The molecule has 0 radical (unpaired) electrons. The molecule has 0 spiro atoms. The molecule has 2 atom stereocenters. The molecule has 3 aromatic rings. The minimum absolute atomic E-state index is 0.0789. The topological polar surface area (TPSA) is 104 Å². The van der Waals surface area contributed by atoms with Crippen LogP contribution in [-0.4, -0.2) is 44.6 Å². The first kappa shape index (κ1) is 25.8. The van der Waals surface area contributed by atoms with Gasteiger partial charge in [-0.1, -0.05) is 37.3 Å². The molecule has 1 saturated heterocycles. The lowest BCUT2D eigenvalue weighted by atomic mass is 9.96. The van der Waals surface area contributed by atoms with Crippen LogP contribution in [0.4, 0.5) is 11.4 Å². The van der Waals surface area contributed by atoms with Gasteiger partial charge in [-0.2, -0.15) is 0 Å². The Morgan fingerprint density at radius 1 is 0.974 bits per heavy atom. The second-order valence-electron chi connectivity index (χ2n) is 9.63. The third kappa shape index (κ3) is 4.86. The van der Waals surface area contributed by atoms with Crippen LogP contribution in [-0.2, 0) is 26.0 Å². The highest BCUT2D eigenvalue weighted by Crippen LogP contribution is 2.37. The first-order valence-electron chi connectivity index (χ1n) is 12.8. The lowest BCUT2D eigenvalue weighted by Crippen LogP contribution is -2.42. The van der Waals surface area contributed by atoms with E-state index in [4.69, 9.17) is 4.74 Å². The minimum atomic E-state index is -4.16. The maximum Gasteiger partial charge on any atom is 0.327 e. The van der Waals surface area contributed by atoms with E-state index in [0.29, 0.717) is 17.7 Å². The molecule has 0 amide bonds. The lowest BCUT2D eigenvalue weighted by molar-refractivity contribution is -0.138. The van der Waals surface area contributed by atoms with Crippen molar-refractivity contribution >= 4 is 33.3 Å². The van der Waals surface area contributed by atoms with Gasteiger partial charge >= 0.3 is 11.9 Å². The summed E-state index contributed by atoms with van der Waals surface area (Å²) < 4.78 is 33.5. The van der Waals surface area contributed by atoms with E-state index in [1.54, 1.807) is 24.3 Å². The van der Waals surface area contributed by atoms with Crippen LogP contribution in [0.15, 0.2) is 77.7 Å². The number of rotatable bonds is 8. The molecule has 8 nitrogen and oxygen atoms in total. The van der Waals surface area contributed by atoms with Crippen molar-refractivity contribution in [2.24, 2.45) is 0 Å². The number of benzene rings is 3. The average molecular weight is 535 g/mol. The highest BCUT2D eigenvalue weighted by molar-refractivity contribution is 7.93. The predicted molar refractivity (Wildman–Crippen MR) is 144 cm³/mol. The number of carbonyl (C=O) groups is 2. The van der Waals surface area contributed by atoms with Gasteiger partial charge in [0.05, 0.1) is 16.5 Å². The average Bonchev–Trinajstić information content (AvgIpc) is 3.59. The number of sulfonamides is 1. The van der Waals surface area contributed by atoms with E-state index in [1.807, 2.05) is 31.2 Å². The number of esters is 1. The molecule has 5 rings (SSSR count). The van der Waals surface area contributed by atoms with Gasteiger partial charge in [0.1, 0.15) is 11.8 Å². The number of carbonyl (C=O) groups excluding carboxylic acids is 1. The lowest BCUT2D eigenvalue weighted by Gasteiger charge is -2.24. The third-order valence-electron chi connectivity index (χ3n) is 7.27. The fourth-order valence-electron chi connectivity index (χ4n) is 5.25. The van der Waals surface area contributed by atoms with E-state index in [-0.39, 0.29) is 17.1 Å². The van der Waals surface area contributed by atoms with Gasteiger partial charge in [0.15, 0.2) is 0 Å². The Kier molecular flexibility index (Phi) is 7.12. The minimum Gasteiger partial charge on any atom is -0.480 e. The molecule has 9 heteroatoms. The number of carboxylic acid groups (broad SMARTS) is 1. The van der Waals surface area contributed by atoms with Crippen LogP contribution < -0.4 is 13.9 Å². The summed E-state index contributed by atoms with van der Waals surface area (Å²) in [5, 5.41) is 9.68. The first-order chi connectivity index (χ1) is 18.3. The van der Waals surface area contributed by atoms with Gasteiger partial charge in [0.2, 0.25) is 0 Å². The van der Waals surface area contributed by atoms with Gasteiger partial charge in [-0.3, -0.25) is 9.10 Å². The SMILES string of the molecule is CCC(C(=O)Oc1ccc(S(=O)(=O)N2c3ccccc3CC2C(=O)O)cc1)c1ccc(N2CCCC2)cc1. The highest BCUT2D eigenvalue weighted by Gasteiger charge is 2.42. The monoisotopic (exact) mass is 534 g/mol. The molecule has 0 aromatic heterocycles. The maximum absolute atomic E-state index is 13.5. The van der Waals surface area contributed by atoms with E-state index in [9.17, 15) is 23.1 Å². The molecule has 1 N–H and O–H groups in total. The number of hydrogen-bond acceptors (Lipinski definition) is 6. The van der Waals surface area contributed by atoms with Crippen molar-refractivity contribution in [2.45, 2.75) is 49.5 Å².